The lowest BCUT2D eigenvalue weighted by atomic mass is 10.2. The van der Waals surface area contributed by atoms with E-state index in [0.29, 0.717) is 21.8 Å². The monoisotopic (exact) mass is 427 g/mol. The highest BCUT2D eigenvalue weighted by molar-refractivity contribution is 8.00. The molecular weight excluding hydrogens is 405 g/mol. The molecule has 1 aliphatic rings. The van der Waals surface area contributed by atoms with Crippen molar-refractivity contribution in [1.82, 2.24) is 14.9 Å². The molecule has 1 unspecified atom stereocenters. The summed E-state index contributed by atoms with van der Waals surface area (Å²) in [4.78, 5) is 30.3. The molecule has 156 valence electrons. The van der Waals surface area contributed by atoms with Crippen molar-refractivity contribution >= 4 is 28.8 Å². The quantitative estimate of drug-likeness (QED) is 0.606. The first-order valence-electron chi connectivity index (χ1n) is 9.92. The van der Waals surface area contributed by atoms with Gasteiger partial charge >= 0.3 is 6.09 Å². The Bertz CT molecular complexity index is 1160. The number of carboxylic acid groups (broad SMARTS) is 1. The van der Waals surface area contributed by atoms with E-state index in [0.717, 1.165) is 17.7 Å². The lowest BCUT2D eigenvalue weighted by molar-refractivity contribution is 0.190. The molecule has 1 saturated carbocycles. The summed E-state index contributed by atoms with van der Waals surface area (Å²) in [5, 5.41) is 12.4. The molecule has 0 radical (unpaired) electrons. The van der Waals surface area contributed by atoms with Gasteiger partial charge in [0.2, 0.25) is 0 Å². The predicted octanol–water partition coefficient (Wildman–Crippen LogP) is 4.89. The molecule has 1 aliphatic carbocycles. The van der Waals surface area contributed by atoms with Gasteiger partial charge in [-0.25, -0.2) is 14.2 Å². The molecule has 1 atom stereocenters. The standard InChI is InChI=1S/C22H22FN3O3S/c1-13(24-22(28)29)20-25-17-10-5-11-18(30-16-8-2-3-9-16)19(17)21(27)26(20)15-7-4-6-14(23)12-15/h4-7,10-13,16,24H,2-3,8-9H2,1H3,(H,28,29). The molecule has 2 aromatic carbocycles. The molecule has 3 aromatic rings. The van der Waals surface area contributed by atoms with Gasteiger partial charge in [-0.2, -0.15) is 0 Å². The van der Waals surface area contributed by atoms with Gasteiger partial charge in [0.1, 0.15) is 11.6 Å². The predicted molar refractivity (Wildman–Crippen MR) is 115 cm³/mol. The van der Waals surface area contributed by atoms with Crippen LogP contribution in [0.1, 0.15) is 44.5 Å². The van der Waals surface area contributed by atoms with Crippen LogP contribution in [0.3, 0.4) is 0 Å². The van der Waals surface area contributed by atoms with Crippen LogP contribution >= 0.6 is 11.8 Å². The van der Waals surface area contributed by atoms with E-state index in [1.165, 1.54) is 35.6 Å². The minimum absolute atomic E-state index is 0.212. The summed E-state index contributed by atoms with van der Waals surface area (Å²) in [6.45, 7) is 1.61. The molecule has 1 aromatic heterocycles. The number of benzene rings is 2. The molecule has 2 N–H and O–H groups in total. The number of aromatic nitrogens is 2. The summed E-state index contributed by atoms with van der Waals surface area (Å²) in [5.74, 6) is -0.276. The summed E-state index contributed by atoms with van der Waals surface area (Å²) in [7, 11) is 0. The van der Waals surface area contributed by atoms with Gasteiger partial charge in [-0.1, -0.05) is 25.0 Å². The summed E-state index contributed by atoms with van der Waals surface area (Å²) in [6.07, 6.45) is 3.38. The fourth-order valence-corrected chi connectivity index (χ4v) is 5.30. The first-order valence-corrected chi connectivity index (χ1v) is 10.8. The third kappa shape index (κ3) is 4.05. The van der Waals surface area contributed by atoms with Crippen LogP contribution in [-0.2, 0) is 0 Å². The third-order valence-corrected chi connectivity index (χ3v) is 6.67. The molecule has 0 spiro atoms. The van der Waals surface area contributed by atoms with E-state index in [2.05, 4.69) is 10.3 Å². The van der Waals surface area contributed by atoms with Crippen molar-refractivity contribution < 1.29 is 14.3 Å². The first-order chi connectivity index (χ1) is 14.4. The number of fused-ring (bicyclic) bond motifs is 1. The number of hydrogen-bond donors (Lipinski definition) is 2. The Morgan fingerprint density at radius 3 is 2.70 bits per heavy atom. The number of nitrogens with zero attached hydrogens (tertiary/aromatic N) is 2. The number of thioether (sulfide) groups is 1. The van der Waals surface area contributed by atoms with Crippen molar-refractivity contribution in [2.75, 3.05) is 0 Å². The van der Waals surface area contributed by atoms with Crippen molar-refractivity contribution in [2.45, 2.75) is 48.8 Å². The Hall–Kier alpha value is -2.87. The van der Waals surface area contributed by atoms with Crippen LogP contribution in [0.25, 0.3) is 16.6 Å². The van der Waals surface area contributed by atoms with E-state index in [9.17, 15) is 14.0 Å². The van der Waals surface area contributed by atoms with E-state index in [-0.39, 0.29) is 11.4 Å². The van der Waals surface area contributed by atoms with E-state index in [1.807, 2.05) is 12.1 Å². The Kier molecular flexibility index (Phi) is 5.76. The third-order valence-electron chi connectivity index (χ3n) is 5.27. The number of nitrogens with one attached hydrogen (secondary N) is 1. The molecule has 8 heteroatoms. The second-order valence-electron chi connectivity index (χ2n) is 7.44. The average Bonchev–Trinajstić information content (AvgIpc) is 3.20. The zero-order valence-corrected chi connectivity index (χ0v) is 17.3. The summed E-state index contributed by atoms with van der Waals surface area (Å²) in [5.41, 5.74) is 0.481. The topological polar surface area (TPSA) is 84.2 Å². The molecule has 6 nitrogen and oxygen atoms in total. The zero-order chi connectivity index (χ0) is 21.3. The summed E-state index contributed by atoms with van der Waals surface area (Å²) in [6, 6.07) is 10.4. The number of halogens is 1. The van der Waals surface area contributed by atoms with Gasteiger partial charge in [0.15, 0.2) is 0 Å². The van der Waals surface area contributed by atoms with Gasteiger partial charge in [0, 0.05) is 10.1 Å². The van der Waals surface area contributed by atoms with Gasteiger partial charge in [-0.3, -0.25) is 9.36 Å². The Labute approximate surface area is 177 Å². The van der Waals surface area contributed by atoms with E-state index in [4.69, 9.17) is 5.11 Å². The van der Waals surface area contributed by atoms with Gasteiger partial charge < -0.3 is 10.4 Å². The Balaban J connectivity index is 1.95. The SMILES string of the molecule is CC(NC(=O)O)c1nc2cccc(SC3CCCC3)c2c(=O)n1-c1cccc(F)c1. The average molecular weight is 428 g/mol. The van der Waals surface area contributed by atoms with Crippen LogP contribution in [0, 0.1) is 5.82 Å². The van der Waals surface area contributed by atoms with E-state index >= 15 is 0 Å². The lowest BCUT2D eigenvalue weighted by Gasteiger charge is -2.20. The highest BCUT2D eigenvalue weighted by atomic mass is 32.2. The van der Waals surface area contributed by atoms with Crippen LogP contribution in [0.15, 0.2) is 52.2 Å². The lowest BCUT2D eigenvalue weighted by Crippen LogP contribution is -2.32. The van der Waals surface area contributed by atoms with Crippen LogP contribution in [0.5, 0.6) is 0 Å². The summed E-state index contributed by atoms with van der Waals surface area (Å²) >= 11 is 1.69. The second kappa shape index (κ2) is 8.47. The molecule has 1 heterocycles. The maximum absolute atomic E-state index is 13.9. The molecule has 0 aliphatic heterocycles. The fourth-order valence-electron chi connectivity index (χ4n) is 3.91. The summed E-state index contributed by atoms with van der Waals surface area (Å²) < 4.78 is 15.3. The molecule has 1 amide bonds. The molecule has 30 heavy (non-hydrogen) atoms. The number of rotatable bonds is 5. The van der Waals surface area contributed by atoms with Gasteiger partial charge in [-0.15, -0.1) is 11.8 Å². The normalized spacial score (nSPS) is 15.4. The maximum atomic E-state index is 13.9. The highest BCUT2D eigenvalue weighted by Crippen LogP contribution is 2.37. The van der Waals surface area contributed by atoms with Crippen molar-refractivity contribution in [1.29, 1.82) is 0 Å². The smallest absolute Gasteiger partial charge is 0.405 e. The maximum Gasteiger partial charge on any atom is 0.405 e. The molecular formula is C22H22FN3O3S. The van der Waals surface area contributed by atoms with E-state index < -0.39 is 18.0 Å². The van der Waals surface area contributed by atoms with Crippen LogP contribution < -0.4 is 10.9 Å². The highest BCUT2D eigenvalue weighted by Gasteiger charge is 2.23. The number of hydrogen-bond acceptors (Lipinski definition) is 4. The van der Waals surface area contributed by atoms with Crippen LogP contribution in [0.2, 0.25) is 0 Å². The van der Waals surface area contributed by atoms with Gasteiger partial charge in [-0.05, 0) is 50.1 Å². The first kappa shape index (κ1) is 20.4. The largest absolute Gasteiger partial charge is 0.465 e. The van der Waals surface area contributed by atoms with Crippen molar-refractivity contribution in [3.63, 3.8) is 0 Å². The Morgan fingerprint density at radius 2 is 2.00 bits per heavy atom. The fraction of sp³-hybridized carbons (Fsp3) is 0.318. The van der Waals surface area contributed by atoms with Crippen molar-refractivity contribution in [3.8, 4) is 5.69 Å². The number of carbonyl (C=O) groups is 1. The Morgan fingerprint density at radius 1 is 1.27 bits per heavy atom. The van der Waals surface area contributed by atoms with Gasteiger partial charge in [0.25, 0.3) is 5.56 Å². The minimum Gasteiger partial charge on any atom is -0.465 e. The van der Waals surface area contributed by atoms with Crippen LogP contribution in [-0.4, -0.2) is 26.0 Å². The minimum atomic E-state index is -1.23. The molecule has 0 bridgehead atoms. The molecule has 4 rings (SSSR count). The van der Waals surface area contributed by atoms with Gasteiger partial charge in [0.05, 0.1) is 22.6 Å². The van der Waals surface area contributed by atoms with E-state index in [1.54, 1.807) is 30.8 Å². The molecule has 0 saturated heterocycles. The second-order valence-corrected chi connectivity index (χ2v) is 8.78. The van der Waals surface area contributed by atoms with Crippen molar-refractivity contribution in [2.24, 2.45) is 0 Å². The van der Waals surface area contributed by atoms with Crippen molar-refractivity contribution in [3.05, 3.63) is 64.5 Å². The number of amides is 1. The zero-order valence-electron chi connectivity index (χ0n) is 16.5. The molecule has 1 fully saturated rings. The van der Waals surface area contributed by atoms with Crippen LogP contribution in [0.4, 0.5) is 9.18 Å².